The van der Waals surface area contributed by atoms with Crippen LogP contribution in [0.1, 0.15) is 11.8 Å². The summed E-state index contributed by atoms with van der Waals surface area (Å²) in [6.45, 7) is 2.52. The number of aryl methyl sites for hydroxylation is 1. The van der Waals surface area contributed by atoms with Gasteiger partial charge in [-0.2, -0.15) is 0 Å². The molecule has 1 atom stereocenters. The van der Waals surface area contributed by atoms with E-state index in [1.807, 2.05) is 13.1 Å². The maximum atomic E-state index is 5.95. The smallest absolute Gasteiger partial charge is 0.139 e. The van der Waals surface area contributed by atoms with Crippen LogP contribution in [0.5, 0.6) is 0 Å². The van der Waals surface area contributed by atoms with Crippen LogP contribution in [0.15, 0.2) is 18.3 Å². The zero-order valence-electron chi connectivity index (χ0n) is 10.4. The molecule has 0 saturated carbocycles. The van der Waals surface area contributed by atoms with Crippen molar-refractivity contribution in [1.82, 2.24) is 14.9 Å². The summed E-state index contributed by atoms with van der Waals surface area (Å²) in [7, 11) is 2.01. The Labute approximate surface area is 129 Å². The van der Waals surface area contributed by atoms with Crippen molar-refractivity contribution in [1.29, 1.82) is 0 Å². The number of morpholine rings is 1. The Hall–Kier alpha value is -0.520. The first kappa shape index (κ1) is 16.5. The van der Waals surface area contributed by atoms with Gasteiger partial charge in [-0.15, -0.1) is 24.8 Å². The van der Waals surface area contributed by atoms with Gasteiger partial charge in [0.2, 0.25) is 0 Å². The molecule has 1 aliphatic heterocycles. The standard InChI is InChI=1S/C12H14ClN3O.2ClH/c1-16-10(11-7-14-2-3-17-11)5-8-4-9(13)6-15-12(8)16;;/h4-6,11,14H,2-3,7H2,1H3;2*1H. The molecule has 106 valence electrons. The highest BCUT2D eigenvalue weighted by Gasteiger charge is 2.20. The molecule has 0 radical (unpaired) electrons. The van der Waals surface area contributed by atoms with E-state index in [-0.39, 0.29) is 30.9 Å². The Morgan fingerprint density at radius 1 is 1.42 bits per heavy atom. The van der Waals surface area contributed by atoms with Gasteiger partial charge in [0.15, 0.2) is 0 Å². The van der Waals surface area contributed by atoms with Crippen LogP contribution in [0.4, 0.5) is 0 Å². The molecule has 1 saturated heterocycles. The van der Waals surface area contributed by atoms with Gasteiger partial charge < -0.3 is 14.6 Å². The van der Waals surface area contributed by atoms with Crippen LogP contribution in [0, 0.1) is 0 Å². The minimum absolute atomic E-state index is 0. The second kappa shape index (κ2) is 6.77. The molecule has 1 fully saturated rings. The van der Waals surface area contributed by atoms with Gasteiger partial charge in [-0.1, -0.05) is 11.6 Å². The van der Waals surface area contributed by atoms with E-state index >= 15 is 0 Å². The van der Waals surface area contributed by atoms with E-state index in [2.05, 4.69) is 20.9 Å². The number of pyridine rings is 1. The highest BCUT2D eigenvalue weighted by molar-refractivity contribution is 6.31. The largest absolute Gasteiger partial charge is 0.369 e. The van der Waals surface area contributed by atoms with Crippen LogP contribution in [-0.4, -0.2) is 29.2 Å². The maximum Gasteiger partial charge on any atom is 0.139 e. The van der Waals surface area contributed by atoms with Crippen molar-refractivity contribution in [2.24, 2.45) is 7.05 Å². The van der Waals surface area contributed by atoms with Crippen molar-refractivity contribution in [3.8, 4) is 0 Å². The molecule has 1 unspecified atom stereocenters. The highest BCUT2D eigenvalue weighted by Crippen LogP contribution is 2.26. The number of hydrogen-bond donors (Lipinski definition) is 1. The fourth-order valence-corrected chi connectivity index (χ4v) is 2.44. The molecule has 3 heterocycles. The van der Waals surface area contributed by atoms with Gasteiger partial charge in [-0.3, -0.25) is 0 Å². The summed E-state index contributed by atoms with van der Waals surface area (Å²) < 4.78 is 7.83. The van der Waals surface area contributed by atoms with E-state index in [0.29, 0.717) is 5.02 Å². The van der Waals surface area contributed by atoms with Gasteiger partial charge in [-0.25, -0.2) is 4.98 Å². The lowest BCUT2D eigenvalue weighted by atomic mass is 10.2. The number of nitrogens with one attached hydrogen (secondary N) is 1. The van der Waals surface area contributed by atoms with Gasteiger partial charge in [-0.05, 0) is 12.1 Å². The molecule has 7 heteroatoms. The number of ether oxygens (including phenoxy) is 1. The second-order valence-corrected chi connectivity index (χ2v) is 4.69. The molecule has 2 aromatic rings. The summed E-state index contributed by atoms with van der Waals surface area (Å²) in [6, 6.07) is 4.04. The topological polar surface area (TPSA) is 39.1 Å². The van der Waals surface area contributed by atoms with Gasteiger partial charge in [0, 0.05) is 31.7 Å². The molecule has 0 aromatic carbocycles. The van der Waals surface area contributed by atoms with Gasteiger partial charge in [0.05, 0.1) is 17.3 Å². The summed E-state index contributed by atoms with van der Waals surface area (Å²) in [4.78, 5) is 4.35. The minimum atomic E-state index is 0. The minimum Gasteiger partial charge on any atom is -0.369 e. The molecule has 2 aromatic heterocycles. The summed E-state index contributed by atoms with van der Waals surface area (Å²) in [6.07, 6.45) is 1.77. The summed E-state index contributed by atoms with van der Waals surface area (Å²) >= 11 is 5.95. The third-order valence-electron chi connectivity index (χ3n) is 3.13. The van der Waals surface area contributed by atoms with Gasteiger partial charge in [0.25, 0.3) is 0 Å². The Kier molecular flexibility index (Phi) is 5.89. The zero-order chi connectivity index (χ0) is 11.8. The quantitative estimate of drug-likeness (QED) is 0.876. The lowest BCUT2D eigenvalue weighted by Crippen LogP contribution is -2.34. The average Bonchev–Trinajstić information content (AvgIpc) is 2.67. The third-order valence-corrected chi connectivity index (χ3v) is 3.33. The van der Waals surface area contributed by atoms with E-state index in [9.17, 15) is 0 Å². The van der Waals surface area contributed by atoms with Crippen LogP contribution >= 0.6 is 36.4 Å². The van der Waals surface area contributed by atoms with E-state index in [1.165, 1.54) is 0 Å². The van der Waals surface area contributed by atoms with E-state index in [4.69, 9.17) is 16.3 Å². The summed E-state index contributed by atoms with van der Waals surface area (Å²) in [5.41, 5.74) is 2.08. The van der Waals surface area contributed by atoms with Crippen molar-refractivity contribution in [2.75, 3.05) is 19.7 Å². The van der Waals surface area contributed by atoms with Crippen LogP contribution < -0.4 is 5.32 Å². The monoisotopic (exact) mass is 323 g/mol. The molecule has 0 spiro atoms. The Bertz CT molecular complexity index is 552. The summed E-state index contributed by atoms with van der Waals surface area (Å²) in [5, 5.41) is 5.06. The molecule has 4 nitrogen and oxygen atoms in total. The molecule has 0 amide bonds. The summed E-state index contributed by atoms with van der Waals surface area (Å²) in [5.74, 6) is 0. The lowest BCUT2D eigenvalue weighted by Gasteiger charge is -2.24. The first-order chi connectivity index (χ1) is 8.25. The Morgan fingerprint density at radius 3 is 2.89 bits per heavy atom. The highest BCUT2D eigenvalue weighted by atomic mass is 35.5. The van der Waals surface area contributed by atoms with Crippen molar-refractivity contribution in [3.05, 3.63) is 29.0 Å². The molecule has 19 heavy (non-hydrogen) atoms. The van der Waals surface area contributed by atoms with Gasteiger partial charge >= 0.3 is 0 Å². The van der Waals surface area contributed by atoms with Gasteiger partial charge in [0.1, 0.15) is 11.8 Å². The number of nitrogens with zero attached hydrogens (tertiary/aromatic N) is 2. The Balaban J connectivity index is 0.000000902. The first-order valence-electron chi connectivity index (χ1n) is 5.69. The maximum absolute atomic E-state index is 5.95. The number of halogens is 3. The second-order valence-electron chi connectivity index (χ2n) is 4.26. The van der Waals surface area contributed by atoms with Crippen LogP contribution in [0.25, 0.3) is 11.0 Å². The molecule has 1 N–H and O–H groups in total. The molecule has 1 aliphatic rings. The molecular weight excluding hydrogens is 309 g/mol. The fraction of sp³-hybridized carbons (Fsp3) is 0.417. The fourth-order valence-electron chi connectivity index (χ4n) is 2.28. The van der Waals surface area contributed by atoms with Crippen molar-refractivity contribution in [3.63, 3.8) is 0 Å². The Morgan fingerprint density at radius 2 is 2.21 bits per heavy atom. The van der Waals surface area contributed by atoms with Crippen molar-refractivity contribution < 1.29 is 4.74 Å². The number of aromatic nitrogens is 2. The average molecular weight is 325 g/mol. The molecular formula is C12H16Cl3N3O. The number of fused-ring (bicyclic) bond motifs is 1. The SMILES string of the molecule is Cl.Cl.Cn1c(C2CNCCO2)cc2cc(Cl)cnc21. The molecule has 0 bridgehead atoms. The molecule has 0 aliphatic carbocycles. The van der Waals surface area contributed by atoms with Crippen LogP contribution in [0.2, 0.25) is 5.02 Å². The van der Waals surface area contributed by atoms with Crippen LogP contribution in [-0.2, 0) is 11.8 Å². The molecule has 3 rings (SSSR count). The normalized spacial score (nSPS) is 18.7. The van der Waals surface area contributed by atoms with E-state index < -0.39 is 0 Å². The number of rotatable bonds is 1. The first-order valence-corrected chi connectivity index (χ1v) is 6.06. The van der Waals surface area contributed by atoms with Crippen molar-refractivity contribution in [2.45, 2.75) is 6.10 Å². The lowest BCUT2D eigenvalue weighted by molar-refractivity contribution is 0.0235. The predicted molar refractivity (Wildman–Crippen MR) is 81.8 cm³/mol. The van der Waals surface area contributed by atoms with Crippen molar-refractivity contribution >= 4 is 47.4 Å². The number of hydrogen-bond acceptors (Lipinski definition) is 3. The third kappa shape index (κ3) is 3.15. The van der Waals surface area contributed by atoms with Crippen LogP contribution in [0.3, 0.4) is 0 Å². The zero-order valence-corrected chi connectivity index (χ0v) is 12.8. The van der Waals surface area contributed by atoms with E-state index in [1.54, 1.807) is 6.20 Å². The van der Waals surface area contributed by atoms with E-state index in [0.717, 1.165) is 36.4 Å². The predicted octanol–water partition coefficient (Wildman–Crippen LogP) is 2.73.